The van der Waals surface area contributed by atoms with Gasteiger partial charge in [0.1, 0.15) is 6.07 Å². The number of hydrogen-bond donors (Lipinski definition) is 1. The Morgan fingerprint density at radius 2 is 2.26 bits per heavy atom. The van der Waals surface area contributed by atoms with Crippen LogP contribution < -0.4 is 5.32 Å². The Bertz CT molecular complexity index is 597. The van der Waals surface area contributed by atoms with E-state index < -0.39 is 0 Å². The van der Waals surface area contributed by atoms with E-state index in [1.807, 2.05) is 19.9 Å². The van der Waals surface area contributed by atoms with Crippen molar-refractivity contribution < 1.29 is 0 Å². The maximum atomic E-state index is 9.23. The van der Waals surface area contributed by atoms with Gasteiger partial charge >= 0.3 is 0 Å². The lowest BCUT2D eigenvalue weighted by Crippen LogP contribution is -2.19. The molecule has 0 aromatic carbocycles. The van der Waals surface area contributed by atoms with E-state index in [0.29, 0.717) is 5.56 Å². The third-order valence-corrected chi connectivity index (χ3v) is 3.83. The molecule has 0 saturated heterocycles. The zero-order valence-electron chi connectivity index (χ0n) is 11.4. The van der Waals surface area contributed by atoms with E-state index in [4.69, 9.17) is 0 Å². The van der Waals surface area contributed by atoms with Gasteiger partial charge in [0, 0.05) is 23.0 Å². The van der Waals surface area contributed by atoms with Gasteiger partial charge in [-0.05, 0) is 38.3 Å². The molecule has 1 unspecified atom stereocenters. The van der Waals surface area contributed by atoms with Gasteiger partial charge in [0.25, 0.3) is 0 Å². The maximum absolute atomic E-state index is 9.23. The summed E-state index contributed by atoms with van der Waals surface area (Å²) in [6, 6.07) is 8.66. The largest absolute Gasteiger partial charge is 0.381 e. The number of nitriles is 1. The molecule has 0 saturated carbocycles. The van der Waals surface area contributed by atoms with Gasteiger partial charge in [0.2, 0.25) is 0 Å². The molecule has 0 radical (unpaired) electrons. The fraction of sp³-hybridized carbons (Fsp3) is 0.333. The van der Waals surface area contributed by atoms with E-state index in [0.717, 1.165) is 23.5 Å². The number of pyridine rings is 1. The van der Waals surface area contributed by atoms with Crippen molar-refractivity contribution in [2.45, 2.75) is 33.2 Å². The molecule has 98 valence electrons. The van der Waals surface area contributed by atoms with Crippen molar-refractivity contribution in [3.63, 3.8) is 0 Å². The molecule has 0 amide bonds. The Morgan fingerprint density at radius 3 is 2.89 bits per heavy atom. The fourth-order valence-corrected chi connectivity index (χ4v) is 2.97. The first-order valence-electron chi connectivity index (χ1n) is 6.27. The van der Waals surface area contributed by atoms with Crippen molar-refractivity contribution in [1.82, 2.24) is 4.98 Å². The summed E-state index contributed by atoms with van der Waals surface area (Å²) in [5.41, 5.74) is 3.25. The molecular formula is C15H17N3S. The van der Waals surface area contributed by atoms with Crippen molar-refractivity contribution in [2.75, 3.05) is 5.32 Å². The number of nitrogens with zero attached hydrogens (tertiary/aromatic N) is 2. The molecule has 2 rings (SSSR count). The SMILES string of the molecule is Cc1cc(NC(C)Cc2cccs2)c(C#N)c(C)n1. The molecule has 0 aliphatic carbocycles. The monoisotopic (exact) mass is 271 g/mol. The number of anilines is 1. The summed E-state index contributed by atoms with van der Waals surface area (Å²) in [5.74, 6) is 0. The quantitative estimate of drug-likeness (QED) is 0.923. The predicted molar refractivity (Wildman–Crippen MR) is 79.5 cm³/mol. The van der Waals surface area contributed by atoms with Gasteiger partial charge in [-0.3, -0.25) is 4.98 Å². The Balaban J connectivity index is 2.16. The Labute approximate surface area is 117 Å². The molecule has 1 atom stereocenters. The number of aryl methyl sites for hydroxylation is 2. The van der Waals surface area contributed by atoms with Crippen LogP contribution in [0.15, 0.2) is 23.6 Å². The molecule has 19 heavy (non-hydrogen) atoms. The number of rotatable bonds is 4. The molecule has 1 N–H and O–H groups in total. The van der Waals surface area contributed by atoms with Crippen molar-refractivity contribution in [1.29, 1.82) is 5.26 Å². The van der Waals surface area contributed by atoms with Crippen molar-refractivity contribution in [3.8, 4) is 6.07 Å². The summed E-state index contributed by atoms with van der Waals surface area (Å²) in [6.45, 7) is 5.95. The van der Waals surface area contributed by atoms with Gasteiger partial charge in [-0.15, -0.1) is 11.3 Å². The number of thiophene rings is 1. The molecule has 0 bridgehead atoms. The lowest BCUT2D eigenvalue weighted by Gasteiger charge is -2.16. The van der Waals surface area contributed by atoms with Crippen LogP contribution in [0.4, 0.5) is 5.69 Å². The third-order valence-electron chi connectivity index (χ3n) is 2.93. The summed E-state index contributed by atoms with van der Waals surface area (Å²) < 4.78 is 0. The minimum absolute atomic E-state index is 0.284. The summed E-state index contributed by atoms with van der Waals surface area (Å²) in [5, 5.41) is 14.7. The minimum Gasteiger partial charge on any atom is -0.381 e. The highest BCUT2D eigenvalue weighted by atomic mass is 32.1. The van der Waals surface area contributed by atoms with Crippen LogP contribution in [-0.2, 0) is 6.42 Å². The van der Waals surface area contributed by atoms with Crippen molar-refractivity contribution in [3.05, 3.63) is 45.4 Å². The van der Waals surface area contributed by atoms with E-state index in [9.17, 15) is 5.26 Å². The van der Waals surface area contributed by atoms with Crippen LogP contribution >= 0.6 is 11.3 Å². The number of aromatic nitrogens is 1. The van der Waals surface area contributed by atoms with Gasteiger partial charge in [-0.25, -0.2) is 0 Å². The Morgan fingerprint density at radius 1 is 1.47 bits per heavy atom. The van der Waals surface area contributed by atoms with Crippen molar-refractivity contribution in [2.24, 2.45) is 0 Å². The highest BCUT2D eigenvalue weighted by Gasteiger charge is 2.11. The first-order chi connectivity index (χ1) is 9.10. The molecular weight excluding hydrogens is 254 g/mol. The van der Waals surface area contributed by atoms with Crippen LogP contribution in [-0.4, -0.2) is 11.0 Å². The van der Waals surface area contributed by atoms with E-state index in [1.165, 1.54) is 4.88 Å². The number of nitrogens with one attached hydrogen (secondary N) is 1. The van der Waals surface area contributed by atoms with Crippen LogP contribution in [0.5, 0.6) is 0 Å². The van der Waals surface area contributed by atoms with Gasteiger partial charge in [-0.1, -0.05) is 6.07 Å². The third kappa shape index (κ3) is 3.33. The van der Waals surface area contributed by atoms with Crippen LogP contribution in [0.2, 0.25) is 0 Å². The zero-order valence-corrected chi connectivity index (χ0v) is 12.2. The highest BCUT2D eigenvalue weighted by molar-refractivity contribution is 7.09. The van der Waals surface area contributed by atoms with Crippen molar-refractivity contribution >= 4 is 17.0 Å². The van der Waals surface area contributed by atoms with E-state index >= 15 is 0 Å². The maximum Gasteiger partial charge on any atom is 0.103 e. The molecule has 2 aromatic rings. The highest BCUT2D eigenvalue weighted by Crippen LogP contribution is 2.21. The lowest BCUT2D eigenvalue weighted by atomic mass is 10.1. The Kier molecular flexibility index (Phi) is 4.18. The molecule has 0 spiro atoms. The summed E-state index contributed by atoms with van der Waals surface area (Å²) in [6.07, 6.45) is 0.961. The molecule has 2 heterocycles. The van der Waals surface area contributed by atoms with E-state index in [-0.39, 0.29) is 6.04 Å². The normalized spacial score (nSPS) is 11.9. The molecule has 0 aliphatic rings. The summed E-state index contributed by atoms with van der Waals surface area (Å²) >= 11 is 1.76. The second kappa shape index (κ2) is 5.85. The smallest absolute Gasteiger partial charge is 0.103 e. The van der Waals surface area contributed by atoms with E-state index in [2.05, 4.69) is 40.8 Å². The molecule has 4 heteroatoms. The lowest BCUT2D eigenvalue weighted by molar-refractivity contribution is 0.799. The molecule has 0 fully saturated rings. The standard InChI is InChI=1S/C15H17N3S/c1-10(7-13-5-4-6-19-13)18-15-8-11(2)17-12(3)14(15)9-16/h4-6,8,10H,7H2,1-3H3,(H,17,18). The Hall–Kier alpha value is -1.86. The first-order valence-corrected chi connectivity index (χ1v) is 7.15. The van der Waals surface area contributed by atoms with E-state index in [1.54, 1.807) is 11.3 Å². The van der Waals surface area contributed by atoms with Crippen LogP contribution in [0.3, 0.4) is 0 Å². The van der Waals surface area contributed by atoms with Gasteiger partial charge in [0.05, 0.1) is 16.9 Å². The average molecular weight is 271 g/mol. The van der Waals surface area contributed by atoms with Gasteiger partial charge in [-0.2, -0.15) is 5.26 Å². The van der Waals surface area contributed by atoms with Crippen LogP contribution in [0, 0.1) is 25.2 Å². The summed E-state index contributed by atoms with van der Waals surface area (Å²) in [7, 11) is 0. The molecule has 0 aliphatic heterocycles. The molecule has 2 aromatic heterocycles. The predicted octanol–water partition coefficient (Wildman–Crippen LogP) is 3.67. The minimum atomic E-state index is 0.284. The van der Waals surface area contributed by atoms with Gasteiger partial charge in [0.15, 0.2) is 0 Å². The number of hydrogen-bond acceptors (Lipinski definition) is 4. The van der Waals surface area contributed by atoms with Crippen LogP contribution in [0.25, 0.3) is 0 Å². The molecule has 3 nitrogen and oxygen atoms in total. The summed E-state index contributed by atoms with van der Waals surface area (Å²) in [4.78, 5) is 5.68. The topological polar surface area (TPSA) is 48.7 Å². The van der Waals surface area contributed by atoms with Crippen LogP contribution in [0.1, 0.15) is 28.8 Å². The second-order valence-corrected chi connectivity index (χ2v) is 5.74. The van der Waals surface area contributed by atoms with Gasteiger partial charge < -0.3 is 5.32 Å². The second-order valence-electron chi connectivity index (χ2n) is 4.71. The average Bonchev–Trinajstić information content (AvgIpc) is 2.81. The first kappa shape index (κ1) is 13.6. The fourth-order valence-electron chi connectivity index (χ4n) is 2.13. The zero-order chi connectivity index (χ0) is 13.8.